The normalized spacial score (nSPS) is 10.6. The second-order valence-corrected chi connectivity index (χ2v) is 5.11. The molecule has 0 unspecified atom stereocenters. The summed E-state index contributed by atoms with van der Waals surface area (Å²) in [5.74, 6) is 0.606. The predicted molar refractivity (Wildman–Crippen MR) is 82.4 cm³/mol. The fraction of sp³-hybridized carbons (Fsp3) is 0.267. The summed E-state index contributed by atoms with van der Waals surface area (Å²) < 4.78 is 5.66. The molecule has 2 rings (SSSR count). The van der Waals surface area contributed by atoms with Gasteiger partial charge in [0.2, 0.25) is 0 Å². The summed E-state index contributed by atoms with van der Waals surface area (Å²) in [6.45, 7) is 4.12. The van der Waals surface area contributed by atoms with E-state index in [9.17, 15) is 0 Å². The van der Waals surface area contributed by atoms with Crippen LogP contribution in [-0.2, 0) is 13.2 Å². The lowest BCUT2D eigenvalue weighted by molar-refractivity contribution is 0.301. The second-order valence-electron chi connectivity index (χ2n) is 4.26. The molecule has 0 aliphatic carbocycles. The highest BCUT2D eigenvalue weighted by Crippen LogP contribution is 2.27. The van der Waals surface area contributed by atoms with Crippen molar-refractivity contribution in [2.75, 3.05) is 6.54 Å². The Bertz CT molecular complexity index is 576. The van der Waals surface area contributed by atoms with Gasteiger partial charge in [-0.25, -0.2) is 0 Å². The van der Waals surface area contributed by atoms with E-state index in [1.165, 1.54) is 0 Å². The minimum Gasteiger partial charge on any atom is -0.486 e. The van der Waals surface area contributed by atoms with Crippen LogP contribution in [0.1, 0.15) is 18.3 Å². The Labute approximate surface area is 128 Å². The van der Waals surface area contributed by atoms with E-state index in [0.29, 0.717) is 22.4 Å². The van der Waals surface area contributed by atoms with Gasteiger partial charge in [0.25, 0.3) is 0 Å². The average Bonchev–Trinajstić information content (AvgIpc) is 2.45. The van der Waals surface area contributed by atoms with Gasteiger partial charge in [-0.3, -0.25) is 4.98 Å². The molecule has 1 heterocycles. The highest BCUT2D eigenvalue weighted by Gasteiger charge is 2.04. The minimum atomic E-state index is 0.376. The molecule has 1 aromatic heterocycles. The van der Waals surface area contributed by atoms with E-state index in [2.05, 4.69) is 17.2 Å². The van der Waals surface area contributed by atoms with Crippen LogP contribution < -0.4 is 10.1 Å². The Hall–Kier alpha value is -1.29. The van der Waals surface area contributed by atoms with Gasteiger partial charge in [0.05, 0.1) is 16.4 Å². The van der Waals surface area contributed by atoms with Crippen molar-refractivity contribution in [1.29, 1.82) is 0 Å². The molecule has 0 spiro atoms. The fourth-order valence-corrected chi connectivity index (χ4v) is 2.17. The first-order valence-corrected chi connectivity index (χ1v) is 7.18. The summed E-state index contributed by atoms with van der Waals surface area (Å²) in [5.41, 5.74) is 1.86. The smallest absolute Gasteiger partial charge is 0.138 e. The van der Waals surface area contributed by atoms with Crippen molar-refractivity contribution in [3.8, 4) is 5.75 Å². The number of benzene rings is 1. The molecular weight excluding hydrogens is 295 g/mol. The molecule has 0 amide bonds. The van der Waals surface area contributed by atoms with Crippen molar-refractivity contribution >= 4 is 23.2 Å². The topological polar surface area (TPSA) is 34.1 Å². The molecule has 0 atom stereocenters. The summed E-state index contributed by atoms with van der Waals surface area (Å²) in [7, 11) is 0. The molecule has 0 saturated heterocycles. The van der Waals surface area contributed by atoms with Gasteiger partial charge in [0.1, 0.15) is 12.4 Å². The lowest BCUT2D eigenvalue weighted by Gasteiger charge is -2.09. The van der Waals surface area contributed by atoms with Crippen LogP contribution in [0.2, 0.25) is 10.0 Å². The summed E-state index contributed by atoms with van der Waals surface area (Å²) >= 11 is 11.9. The molecule has 2 aromatic rings. The second kappa shape index (κ2) is 7.48. The van der Waals surface area contributed by atoms with Gasteiger partial charge in [-0.05, 0) is 36.9 Å². The van der Waals surface area contributed by atoms with Crippen LogP contribution in [0.25, 0.3) is 0 Å². The van der Waals surface area contributed by atoms with Crippen molar-refractivity contribution in [3.63, 3.8) is 0 Å². The molecule has 0 saturated carbocycles. The molecule has 1 N–H and O–H groups in total. The summed E-state index contributed by atoms with van der Waals surface area (Å²) in [4.78, 5) is 4.52. The Morgan fingerprint density at radius 2 is 1.95 bits per heavy atom. The summed E-state index contributed by atoms with van der Waals surface area (Å²) in [5, 5.41) is 4.33. The quantitative estimate of drug-likeness (QED) is 0.873. The number of pyridine rings is 1. The molecule has 20 heavy (non-hydrogen) atoms. The van der Waals surface area contributed by atoms with Crippen LogP contribution in [0.4, 0.5) is 0 Å². The van der Waals surface area contributed by atoms with Crippen LogP contribution in [0.3, 0.4) is 0 Å². The van der Waals surface area contributed by atoms with E-state index in [1.807, 2.05) is 18.2 Å². The van der Waals surface area contributed by atoms with E-state index in [1.54, 1.807) is 18.2 Å². The summed E-state index contributed by atoms with van der Waals surface area (Å²) in [6, 6.07) is 11.1. The molecule has 3 nitrogen and oxygen atoms in total. The zero-order valence-electron chi connectivity index (χ0n) is 11.2. The third-order valence-corrected chi connectivity index (χ3v) is 3.22. The number of aromatic nitrogens is 1. The molecule has 0 bridgehead atoms. The number of hydrogen-bond donors (Lipinski definition) is 1. The molecule has 0 fully saturated rings. The number of rotatable bonds is 6. The highest BCUT2D eigenvalue weighted by atomic mass is 35.5. The van der Waals surface area contributed by atoms with Crippen LogP contribution >= 0.6 is 23.2 Å². The minimum absolute atomic E-state index is 0.376. The zero-order chi connectivity index (χ0) is 14.4. The van der Waals surface area contributed by atoms with Crippen molar-refractivity contribution in [2.24, 2.45) is 0 Å². The van der Waals surface area contributed by atoms with Crippen molar-refractivity contribution in [2.45, 2.75) is 20.1 Å². The monoisotopic (exact) mass is 310 g/mol. The molecule has 1 aromatic carbocycles. The lowest BCUT2D eigenvalue weighted by Crippen LogP contribution is -2.13. The number of hydrogen-bond acceptors (Lipinski definition) is 3. The predicted octanol–water partition coefficient (Wildman–Crippen LogP) is 4.08. The van der Waals surface area contributed by atoms with Crippen molar-refractivity contribution < 1.29 is 4.74 Å². The van der Waals surface area contributed by atoms with E-state index in [-0.39, 0.29) is 0 Å². The first-order valence-electron chi connectivity index (χ1n) is 6.42. The van der Waals surface area contributed by atoms with Gasteiger partial charge >= 0.3 is 0 Å². The fourth-order valence-electron chi connectivity index (χ4n) is 1.71. The van der Waals surface area contributed by atoms with Crippen LogP contribution in [0.15, 0.2) is 36.4 Å². The Kier molecular flexibility index (Phi) is 5.65. The lowest BCUT2D eigenvalue weighted by atomic mass is 10.3. The van der Waals surface area contributed by atoms with Gasteiger partial charge in [-0.2, -0.15) is 0 Å². The van der Waals surface area contributed by atoms with Crippen molar-refractivity contribution in [1.82, 2.24) is 10.3 Å². The molecule has 0 aliphatic rings. The average molecular weight is 311 g/mol. The third-order valence-electron chi connectivity index (χ3n) is 2.69. The largest absolute Gasteiger partial charge is 0.486 e. The maximum Gasteiger partial charge on any atom is 0.138 e. The molecule has 5 heteroatoms. The molecule has 0 aliphatic heterocycles. The first kappa shape index (κ1) is 15.1. The standard InChI is InChI=1S/C15H16Cl2N2O/c1-2-18-9-12-4-3-5-13(19-12)10-20-15-7-6-11(16)8-14(15)17/h3-8,18H,2,9-10H2,1H3. The van der Waals surface area contributed by atoms with Crippen molar-refractivity contribution in [3.05, 3.63) is 57.8 Å². The van der Waals surface area contributed by atoms with E-state index in [4.69, 9.17) is 27.9 Å². The number of nitrogens with one attached hydrogen (secondary N) is 1. The Morgan fingerprint density at radius 1 is 1.15 bits per heavy atom. The number of ether oxygens (including phenoxy) is 1. The number of halogens is 2. The van der Waals surface area contributed by atoms with Crippen LogP contribution in [0, 0.1) is 0 Å². The summed E-state index contributed by atoms with van der Waals surface area (Å²) in [6.07, 6.45) is 0. The SMILES string of the molecule is CCNCc1cccc(COc2ccc(Cl)cc2Cl)n1. The maximum atomic E-state index is 6.06. The Morgan fingerprint density at radius 3 is 2.70 bits per heavy atom. The molecule has 106 valence electrons. The third kappa shape index (κ3) is 4.37. The van der Waals surface area contributed by atoms with Crippen LogP contribution in [-0.4, -0.2) is 11.5 Å². The maximum absolute atomic E-state index is 6.06. The zero-order valence-corrected chi connectivity index (χ0v) is 12.7. The molecule has 0 radical (unpaired) electrons. The molecular formula is C15H16Cl2N2O. The van der Waals surface area contributed by atoms with Gasteiger partial charge in [0, 0.05) is 11.6 Å². The van der Waals surface area contributed by atoms with E-state index in [0.717, 1.165) is 24.5 Å². The van der Waals surface area contributed by atoms with E-state index >= 15 is 0 Å². The van der Waals surface area contributed by atoms with Gasteiger partial charge in [-0.1, -0.05) is 36.2 Å². The van der Waals surface area contributed by atoms with Gasteiger partial charge < -0.3 is 10.1 Å². The van der Waals surface area contributed by atoms with Gasteiger partial charge in [0.15, 0.2) is 0 Å². The van der Waals surface area contributed by atoms with Gasteiger partial charge in [-0.15, -0.1) is 0 Å². The highest BCUT2D eigenvalue weighted by molar-refractivity contribution is 6.35. The Balaban J connectivity index is 1.99. The first-order chi connectivity index (χ1) is 9.69. The van der Waals surface area contributed by atoms with E-state index < -0.39 is 0 Å². The number of nitrogens with zero attached hydrogens (tertiary/aromatic N) is 1. The van der Waals surface area contributed by atoms with Crippen LogP contribution in [0.5, 0.6) is 5.75 Å².